The lowest BCUT2D eigenvalue weighted by Crippen LogP contribution is -2.31. The van der Waals surface area contributed by atoms with Crippen LogP contribution in [0.5, 0.6) is 0 Å². The molecule has 0 amide bonds. The second kappa shape index (κ2) is 8.95. The molecule has 22 heavy (non-hydrogen) atoms. The first-order chi connectivity index (χ1) is 10.0. The number of halogens is 1. The van der Waals surface area contributed by atoms with Gasteiger partial charge < -0.3 is 5.32 Å². The zero-order valence-corrected chi connectivity index (χ0v) is 15.7. The maximum absolute atomic E-state index is 12.2. The number of aryl methyl sites for hydroxylation is 1. The molecule has 5 nitrogen and oxygen atoms in total. The van der Waals surface area contributed by atoms with Gasteiger partial charge in [0.2, 0.25) is 10.0 Å². The Morgan fingerprint density at radius 2 is 2.00 bits per heavy atom. The van der Waals surface area contributed by atoms with Gasteiger partial charge in [-0.2, -0.15) is 0 Å². The lowest BCUT2D eigenvalue weighted by molar-refractivity contribution is 0.577. The topological polar surface area (TPSA) is 71.1 Å². The molecule has 0 unspecified atom stereocenters. The van der Waals surface area contributed by atoms with Crippen LogP contribution in [0.15, 0.2) is 21.7 Å². The predicted octanol–water partition coefficient (Wildman–Crippen LogP) is 2.88. The zero-order valence-electron chi connectivity index (χ0n) is 12.5. The first kappa shape index (κ1) is 19.5. The van der Waals surface area contributed by atoms with Crippen molar-refractivity contribution in [3.05, 3.63) is 22.5 Å². The van der Waals surface area contributed by atoms with Gasteiger partial charge in [0.15, 0.2) is 0 Å². The van der Waals surface area contributed by atoms with E-state index in [0.29, 0.717) is 17.3 Å². The summed E-state index contributed by atoms with van der Waals surface area (Å²) in [7, 11) is -3.42. The Morgan fingerprint density at radius 1 is 1.23 bits per heavy atom. The third-order valence-electron chi connectivity index (χ3n) is 2.74. The highest BCUT2D eigenvalue weighted by molar-refractivity contribution is 7.91. The monoisotopic (exact) mass is 381 g/mol. The molecule has 2 aromatic heterocycles. The minimum Gasteiger partial charge on any atom is -0.315 e. The second-order valence-corrected chi connectivity index (χ2v) is 8.66. The third kappa shape index (κ3) is 5.29. The number of nitrogens with one attached hydrogen (secondary N) is 2. The molecule has 0 spiro atoms. The molecule has 0 atom stereocenters. The molecule has 0 aliphatic heterocycles. The Balaban J connectivity index is 0.00000242. The molecule has 9 heteroatoms. The highest BCUT2D eigenvalue weighted by Gasteiger charge is 2.17. The van der Waals surface area contributed by atoms with E-state index < -0.39 is 10.0 Å². The minimum absolute atomic E-state index is 0. The predicted molar refractivity (Wildman–Crippen MR) is 95.8 cm³/mol. The largest absolute Gasteiger partial charge is 0.315 e. The Labute approximate surface area is 145 Å². The Hall–Kier alpha value is -0.510. The Kier molecular flexibility index (Phi) is 7.95. The van der Waals surface area contributed by atoms with E-state index in [4.69, 9.17) is 0 Å². The van der Waals surface area contributed by atoms with Gasteiger partial charge in [0.05, 0.1) is 15.6 Å². The maximum atomic E-state index is 12.2. The van der Waals surface area contributed by atoms with Crippen LogP contribution in [0, 0.1) is 6.92 Å². The summed E-state index contributed by atoms with van der Waals surface area (Å²) in [5.41, 5.74) is 0.841. The van der Waals surface area contributed by atoms with Crippen molar-refractivity contribution in [2.75, 3.05) is 19.6 Å². The lowest BCUT2D eigenvalue weighted by Gasteiger charge is -2.05. The fourth-order valence-electron chi connectivity index (χ4n) is 1.73. The molecule has 2 rings (SSSR count). The summed E-state index contributed by atoms with van der Waals surface area (Å²) in [6, 6.07) is 3.44. The van der Waals surface area contributed by atoms with Crippen molar-refractivity contribution in [2.24, 2.45) is 0 Å². The highest BCUT2D eigenvalue weighted by atomic mass is 35.5. The summed E-state index contributed by atoms with van der Waals surface area (Å²) >= 11 is 2.81. The van der Waals surface area contributed by atoms with Crippen molar-refractivity contribution in [3.63, 3.8) is 0 Å². The van der Waals surface area contributed by atoms with Crippen LogP contribution < -0.4 is 10.0 Å². The molecule has 0 aromatic carbocycles. The summed E-state index contributed by atoms with van der Waals surface area (Å²) in [5.74, 6) is 0. The number of rotatable bonds is 8. The fourth-order valence-corrected chi connectivity index (χ4v) is 4.76. The lowest BCUT2D eigenvalue weighted by atomic mass is 10.4. The first-order valence-electron chi connectivity index (χ1n) is 6.75. The van der Waals surface area contributed by atoms with Crippen molar-refractivity contribution in [3.8, 4) is 10.6 Å². The normalized spacial score (nSPS) is 11.4. The second-order valence-electron chi connectivity index (χ2n) is 4.52. The van der Waals surface area contributed by atoms with Gasteiger partial charge in [-0.15, -0.1) is 35.1 Å². The number of hydrogen-bond donors (Lipinski definition) is 2. The van der Waals surface area contributed by atoms with Crippen molar-refractivity contribution < 1.29 is 8.42 Å². The van der Waals surface area contributed by atoms with E-state index in [9.17, 15) is 8.42 Å². The molecular weight excluding hydrogens is 362 g/mol. The average Bonchev–Trinajstić information content (AvgIpc) is 3.07. The summed E-state index contributed by atoms with van der Waals surface area (Å²) in [4.78, 5) is 5.25. The van der Waals surface area contributed by atoms with Crippen LogP contribution >= 0.6 is 35.1 Å². The molecule has 0 saturated carbocycles. The van der Waals surface area contributed by atoms with E-state index in [1.807, 2.05) is 18.4 Å². The minimum atomic E-state index is -3.42. The standard InChI is InChI=1S/C13H19N3O2S3.ClH/c1-3-6-14-7-8-15-21(17,18)13-5-4-12(20-13)11-9-19-10(2)16-11;/h4-5,9,14-15H,3,6-8H2,1-2H3;1H. The summed E-state index contributed by atoms with van der Waals surface area (Å²) in [5, 5.41) is 6.08. The SMILES string of the molecule is CCCNCCNS(=O)(=O)c1ccc(-c2csc(C)n2)s1.Cl. The van der Waals surface area contributed by atoms with E-state index in [1.165, 1.54) is 11.3 Å². The molecule has 0 radical (unpaired) electrons. The molecule has 2 heterocycles. The van der Waals surface area contributed by atoms with E-state index >= 15 is 0 Å². The van der Waals surface area contributed by atoms with Crippen molar-refractivity contribution in [1.29, 1.82) is 0 Å². The maximum Gasteiger partial charge on any atom is 0.250 e. The molecule has 124 valence electrons. The first-order valence-corrected chi connectivity index (χ1v) is 9.93. The molecule has 0 saturated heterocycles. The number of nitrogens with zero attached hydrogens (tertiary/aromatic N) is 1. The van der Waals surface area contributed by atoms with E-state index in [2.05, 4.69) is 21.9 Å². The van der Waals surface area contributed by atoms with Crippen molar-refractivity contribution in [1.82, 2.24) is 15.0 Å². The van der Waals surface area contributed by atoms with Crippen molar-refractivity contribution in [2.45, 2.75) is 24.5 Å². The van der Waals surface area contributed by atoms with Gasteiger partial charge in [-0.1, -0.05) is 6.92 Å². The van der Waals surface area contributed by atoms with Crippen LogP contribution in [0.25, 0.3) is 10.6 Å². The Bertz CT molecular complexity index is 682. The van der Waals surface area contributed by atoms with Crippen LogP contribution in [-0.2, 0) is 10.0 Å². The zero-order chi connectivity index (χ0) is 15.3. The van der Waals surface area contributed by atoms with Crippen LogP contribution in [0.1, 0.15) is 18.4 Å². The van der Waals surface area contributed by atoms with Crippen LogP contribution in [0.4, 0.5) is 0 Å². The average molecular weight is 382 g/mol. The molecule has 0 aliphatic carbocycles. The summed E-state index contributed by atoms with van der Waals surface area (Å²) in [6.07, 6.45) is 1.04. The third-order valence-corrected chi connectivity index (χ3v) is 6.57. The van der Waals surface area contributed by atoms with E-state index in [1.54, 1.807) is 17.4 Å². The number of aromatic nitrogens is 1. The van der Waals surface area contributed by atoms with Crippen LogP contribution in [0.3, 0.4) is 0 Å². The summed E-state index contributed by atoms with van der Waals surface area (Å²) in [6.45, 7) is 5.94. The number of sulfonamides is 1. The Morgan fingerprint density at radius 3 is 2.64 bits per heavy atom. The van der Waals surface area contributed by atoms with E-state index in [-0.39, 0.29) is 12.4 Å². The highest BCUT2D eigenvalue weighted by Crippen LogP contribution is 2.31. The molecule has 0 bridgehead atoms. The molecular formula is C13H20ClN3O2S3. The van der Waals surface area contributed by atoms with Gasteiger partial charge in [0.1, 0.15) is 4.21 Å². The fraction of sp³-hybridized carbons (Fsp3) is 0.462. The van der Waals surface area contributed by atoms with E-state index in [0.717, 1.165) is 28.5 Å². The van der Waals surface area contributed by atoms with Gasteiger partial charge >= 0.3 is 0 Å². The van der Waals surface area contributed by atoms with Gasteiger partial charge in [-0.25, -0.2) is 18.1 Å². The van der Waals surface area contributed by atoms with Gasteiger partial charge in [-0.05, 0) is 32.0 Å². The van der Waals surface area contributed by atoms with Gasteiger partial charge in [0, 0.05) is 18.5 Å². The number of hydrogen-bond acceptors (Lipinski definition) is 6. The van der Waals surface area contributed by atoms with Crippen LogP contribution in [-0.4, -0.2) is 33.0 Å². The van der Waals surface area contributed by atoms with Gasteiger partial charge in [0.25, 0.3) is 0 Å². The van der Waals surface area contributed by atoms with Crippen LogP contribution in [0.2, 0.25) is 0 Å². The molecule has 2 N–H and O–H groups in total. The quantitative estimate of drug-likeness (QED) is 0.690. The van der Waals surface area contributed by atoms with Crippen molar-refractivity contribution >= 4 is 45.1 Å². The van der Waals surface area contributed by atoms with Gasteiger partial charge in [-0.3, -0.25) is 0 Å². The summed E-state index contributed by atoms with van der Waals surface area (Å²) < 4.78 is 27.3. The molecule has 2 aromatic rings. The number of thiazole rings is 1. The molecule has 0 fully saturated rings. The molecule has 0 aliphatic rings. The number of thiophene rings is 1. The smallest absolute Gasteiger partial charge is 0.250 e.